The number of aromatic nitrogens is 1. The van der Waals surface area contributed by atoms with Crippen LogP contribution in [0, 0.1) is 0 Å². The number of rotatable bonds is 7. The van der Waals surface area contributed by atoms with Gasteiger partial charge in [0.1, 0.15) is 0 Å². The van der Waals surface area contributed by atoms with Crippen LogP contribution in [0.4, 0.5) is 0 Å². The number of hydrogen-bond acceptors (Lipinski definition) is 1. The van der Waals surface area contributed by atoms with Gasteiger partial charge in [0, 0.05) is 36.0 Å². The number of H-pyrrole nitrogens is 1. The number of amides is 1. The van der Waals surface area contributed by atoms with Crippen LogP contribution in [0.2, 0.25) is 0 Å². The number of carbonyl (C=O) groups excluding carboxylic acids is 1. The van der Waals surface area contributed by atoms with Crippen molar-refractivity contribution >= 4 is 16.8 Å². The molecule has 1 amide bonds. The highest BCUT2D eigenvalue weighted by Gasteiger charge is 2.18. The second kappa shape index (κ2) is 8.57. The molecular weight excluding hydrogens is 344 g/mol. The minimum Gasteiger partial charge on any atom is -0.361 e. The molecule has 0 saturated heterocycles. The van der Waals surface area contributed by atoms with Gasteiger partial charge in [-0.05, 0) is 29.2 Å². The van der Waals surface area contributed by atoms with Crippen LogP contribution in [-0.2, 0) is 11.2 Å². The average Bonchev–Trinajstić information content (AvgIpc) is 3.18. The van der Waals surface area contributed by atoms with Crippen molar-refractivity contribution in [2.24, 2.45) is 0 Å². The molecule has 3 nitrogen and oxygen atoms in total. The number of benzene rings is 3. The molecule has 3 heteroatoms. The average molecular weight is 368 g/mol. The standard InChI is InChI=1S/C25H24N2O/c28-25(16-15-19-9-3-1-4-10-19)27-17-22(20-11-5-2-6-12-20)23-18-26-24-14-8-7-13-21(23)24/h1-14,18,22,26H,15-17H2,(H,27,28). The summed E-state index contributed by atoms with van der Waals surface area (Å²) in [5.41, 5.74) is 4.73. The molecular formula is C25H24N2O. The Hall–Kier alpha value is -3.33. The molecule has 4 aromatic rings. The fourth-order valence-electron chi connectivity index (χ4n) is 3.68. The summed E-state index contributed by atoms with van der Waals surface area (Å²) in [6, 6.07) is 28.8. The maximum Gasteiger partial charge on any atom is 0.220 e. The third kappa shape index (κ3) is 4.15. The van der Waals surface area contributed by atoms with E-state index in [4.69, 9.17) is 0 Å². The molecule has 28 heavy (non-hydrogen) atoms. The van der Waals surface area contributed by atoms with Crippen molar-refractivity contribution in [2.45, 2.75) is 18.8 Å². The van der Waals surface area contributed by atoms with Gasteiger partial charge in [0.2, 0.25) is 5.91 Å². The highest BCUT2D eigenvalue weighted by molar-refractivity contribution is 5.84. The maximum atomic E-state index is 12.5. The summed E-state index contributed by atoms with van der Waals surface area (Å²) in [4.78, 5) is 15.8. The van der Waals surface area contributed by atoms with Crippen molar-refractivity contribution in [3.63, 3.8) is 0 Å². The summed E-state index contributed by atoms with van der Waals surface area (Å²) in [6.07, 6.45) is 3.33. The smallest absolute Gasteiger partial charge is 0.220 e. The molecule has 0 fully saturated rings. The number of para-hydroxylation sites is 1. The molecule has 1 atom stereocenters. The van der Waals surface area contributed by atoms with E-state index < -0.39 is 0 Å². The van der Waals surface area contributed by atoms with Crippen LogP contribution in [0.1, 0.15) is 29.0 Å². The van der Waals surface area contributed by atoms with Gasteiger partial charge in [-0.15, -0.1) is 0 Å². The van der Waals surface area contributed by atoms with Crippen molar-refractivity contribution in [3.05, 3.63) is 108 Å². The fourth-order valence-corrected chi connectivity index (χ4v) is 3.68. The van der Waals surface area contributed by atoms with E-state index in [9.17, 15) is 4.79 Å². The molecule has 0 aliphatic carbocycles. The van der Waals surface area contributed by atoms with Gasteiger partial charge < -0.3 is 10.3 Å². The Balaban J connectivity index is 1.49. The zero-order valence-electron chi connectivity index (χ0n) is 15.8. The minimum atomic E-state index is 0.0876. The van der Waals surface area contributed by atoms with E-state index >= 15 is 0 Å². The highest BCUT2D eigenvalue weighted by atomic mass is 16.1. The lowest BCUT2D eigenvalue weighted by molar-refractivity contribution is -0.121. The lowest BCUT2D eigenvalue weighted by Gasteiger charge is -2.18. The van der Waals surface area contributed by atoms with Crippen molar-refractivity contribution in [1.82, 2.24) is 10.3 Å². The summed E-state index contributed by atoms with van der Waals surface area (Å²) in [5.74, 6) is 0.197. The molecule has 1 heterocycles. The largest absolute Gasteiger partial charge is 0.361 e. The van der Waals surface area contributed by atoms with E-state index in [1.165, 1.54) is 22.1 Å². The first kappa shape index (κ1) is 18.1. The van der Waals surface area contributed by atoms with Crippen LogP contribution >= 0.6 is 0 Å². The Morgan fingerprint density at radius 3 is 2.32 bits per heavy atom. The van der Waals surface area contributed by atoms with E-state index in [1.54, 1.807) is 0 Å². The number of carbonyl (C=O) groups is 1. The number of hydrogen-bond donors (Lipinski definition) is 2. The lowest BCUT2D eigenvalue weighted by Crippen LogP contribution is -2.29. The summed E-state index contributed by atoms with van der Waals surface area (Å²) in [6.45, 7) is 0.583. The number of fused-ring (bicyclic) bond motifs is 1. The summed E-state index contributed by atoms with van der Waals surface area (Å²) < 4.78 is 0. The molecule has 1 unspecified atom stereocenters. The zero-order chi connectivity index (χ0) is 19.2. The fraction of sp³-hybridized carbons (Fsp3) is 0.160. The topological polar surface area (TPSA) is 44.9 Å². The number of nitrogens with one attached hydrogen (secondary N) is 2. The highest BCUT2D eigenvalue weighted by Crippen LogP contribution is 2.30. The summed E-state index contributed by atoms with van der Waals surface area (Å²) >= 11 is 0. The molecule has 1 aromatic heterocycles. The molecule has 0 radical (unpaired) electrons. The van der Waals surface area contributed by atoms with Crippen molar-refractivity contribution in [2.75, 3.05) is 6.54 Å². The first-order valence-electron chi connectivity index (χ1n) is 9.73. The predicted octanol–water partition coefficient (Wildman–Crippen LogP) is 5.05. The second-order valence-electron chi connectivity index (χ2n) is 7.04. The SMILES string of the molecule is O=C(CCc1ccccc1)NCC(c1ccccc1)c1c[nH]c2ccccc12. The van der Waals surface area contributed by atoms with Crippen LogP contribution in [0.15, 0.2) is 91.1 Å². The van der Waals surface area contributed by atoms with E-state index in [-0.39, 0.29) is 11.8 Å². The van der Waals surface area contributed by atoms with Gasteiger partial charge in [-0.2, -0.15) is 0 Å². The predicted molar refractivity (Wildman–Crippen MR) is 114 cm³/mol. The molecule has 0 aliphatic heterocycles. The number of aromatic amines is 1. The van der Waals surface area contributed by atoms with E-state index in [0.717, 1.165) is 11.9 Å². The Labute approximate surface area is 165 Å². The Morgan fingerprint density at radius 2 is 1.54 bits per heavy atom. The first-order valence-corrected chi connectivity index (χ1v) is 9.73. The maximum absolute atomic E-state index is 12.5. The molecule has 2 N–H and O–H groups in total. The summed E-state index contributed by atoms with van der Waals surface area (Å²) in [5, 5.41) is 4.36. The van der Waals surface area contributed by atoms with E-state index in [2.05, 4.69) is 71.1 Å². The lowest BCUT2D eigenvalue weighted by atomic mass is 9.91. The van der Waals surface area contributed by atoms with Crippen LogP contribution in [0.3, 0.4) is 0 Å². The molecule has 0 bridgehead atoms. The molecule has 0 aliphatic rings. The van der Waals surface area contributed by atoms with Gasteiger partial charge in [0.15, 0.2) is 0 Å². The Kier molecular flexibility index (Phi) is 5.53. The van der Waals surface area contributed by atoms with Gasteiger partial charge in [-0.3, -0.25) is 4.79 Å². The van der Waals surface area contributed by atoms with Gasteiger partial charge in [0.25, 0.3) is 0 Å². The van der Waals surface area contributed by atoms with Gasteiger partial charge in [0.05, 0.1) is 0 Å². The van der Waals surface area contributed by atoms with Crippen LogP contribution in [0.5, 0.6) is 0 Å². The van der Waals surface area contributed by atoms with Crippen molar-refractivity contribution in [3.8, 4) is 0 Å². The first-order chi connectivity index (χ1) is 13.8. The quantitative estimate of drug-likeness (QED) is 0.471. The molecule has 3 aromatic carbocycles. The van der Waals surface area contributed by atoms with E-state index in [1.807, 2.05) is 30.3 Å². The van der Waals surface area contributed by atoms with Crippen LogP contribution in [-0.4, -0.2) is 17.4 Å². The van der Waals surface area contributed by atoms with Crippen LogP contribution in [0.25, 0.3) is 10.9 Å². The molecule has 4 rings (SSSR count). The summed E-state index contributed by atoms with van der Waals surface area (Å²) in [7, 11) is 0. The third-order valence-electron chi connectivity index (χ3n) is 5.19. The third-order valence-corrected chi connectivity index (χ3v) is 5.19. The van der Waals surface area contributed by atoms with Crippen molar-refractivity contribution in [1.29, 1.82) is 0 Å². The molecule has 140 valence electrons. The van der Waals surface area contributed by atoms with Crippen LogP contribution < -0.4 is 5.32 Å². The number of aryl methyl sites for hydroxylation is 1. The minimum absolute atomic E-state index is 0.0876. The van der Waals surface area contributed by atoms with Gasteiger partial charge >= 0.3 is 0 Å². The monoisotopic (exact) mass is 368 g/mol. The Morgan fingerprint density at radius 1 is 0.857 bits per heavy atom. The molecule has 0 spiro atoms. The molecule has 0 saturated carbocycles. The zero-order valence-corrected chi connectivity index (χ0v) is 15.8. The van der Waals surface area contributed by atoms with E-state index in [0.29, 0.717) is 13.0 Å². The van der Waals surface area contributed by atoms with Crippen molar-refractivity contribution < 1.29 is 4.79 Å². The Bertz CT molecular complexity index is 1040. The second-order valence-corrected chi connectivity index (χ2v) is 7.04. The normalized spacial score (nSPS) is 12.0. The van der Waals surface area contributed by atoms with Gasteiger partial charge in [-0.1, -0.05) is 78.9 Å². The van der Waals surface area contributed by atoms with Gasteiger partial charge in [-0.25, -0.2) is 0 Å².